The lowest BCUT2D eigenvalue weighted by molar-refractivity contribution is 0.0912. The van der Waals surface area contributed by atoms with Gasteiger partial charge in [-0.1, -0.05) is 13.8 Å². The number of furan rings is 1. The Hall–Kier alpha value is -1.29. The molecule has 4 heteroatoms. The summed E-state index contributed by atoms with van der Waals surface area (Å²) in [4.78, 5) is 11.9. The zero-order valence-electron chi connectivity index (χ0n) is 11.4. The van der Waals surface area contributed by atoms with Gasteiger partial charge >= 0.3 is 0 Å². The Labute approximate surface area is 108 Å². The van der Waals surface area contributed by atoms with E-state index in [9.17, 15) is 4.79 Å². The molecule has 0 saturated heterocycles. The predicted molar refractivity (Wildman–Crippen MR) is 70.4 cm³/mol. The normalized spacial score (nSPS) is 12.7. The molecule has 18 heavy (non-hydrogen) atoms. The van der Waals surface area contributed by atoms with Gasteiger partial charge in [0.2, 0.25) is 0 Å². The van der Waals surface area contributed by atoms with Gasteiger partial charge in [0.25, 0.3) is 5.91 Å². The topological polar surface area (TPSA) is 62.5 Å². The van der Waals surface area contributed by atoms with Crippen LogP contribution >= 0.6 is 0 Å². The first-order valence-electron chi connectivity index (χ1n) is 6.47. The van der Waals surface area contributed by atoms with Crippen LogP contribution in [-0.2, 0) is 0 Å². The Balaban J connectivity index is 2.46. The Morgan fingerprint density at radius 1 is 1.50 bits per heavy atom. The van der Waals surface area contributed by atoms with E-state index >= 15 is 0 Å². The molecule has 1 unspecified atom stereocenters. The van der Waals surface area contributed by atoms with Gasteiger partial charge in [-0.15, -0.1) is 0 Å². The maximum Gasteiger partial charge on any atom is 0.287 e. The smallest absolute Gasteiger partial charge is 0.287 e. The molecule has 0 aliphatic heterocycles. The molecule has 4 nitrogen and oxygen atoms in total. The molecule has 1 aromatic rings. The summed E-state index contributed by atoms with van der Waals surface area (Å²) in [6.45, 7) is 6.87. The van der Waals surface area contributed by atoms with E-state index in [4.69, 9.17) is 9.52 Å². The third-order valence-corrected chi connectivity index (χ3v) is 2.96. The number of rotatable bonds is 7. The minimum Gasteiger partial charge on any atom is -0.459 e. The summed E-state index contributed by atoms with van der Waals surface area (Å²) < 4.78 is 5.14. The first-order valence-corrected chi connectivity index (χ1v) is 6.47. The lowest BCUT2D eigenvalue weighted by atomic mass is 9.94. The molecule has 0 aliphatic rings. The van der Waals surface area contributed by atoms with Crippen LogP contribution in [0.3, 0.4) is 0 Å². The molecule has 0 bridgehead atoms. The van der Waals surface area contributed by atoms with Crippen LogP contribution in [0.25, 0.3) is 0 Å². The van der Waals surface area contributed by atoms with Crippen LogP contribution in [0.4, 0.5) is 0 Å². The second-order valence-corrected chi connectivity index (χ2v) is 5.15. The average molecular weight is 253 g/mol. The summed E-state index contributed by atoms with van der Waals surface area (Å²) in [7, 11) is 0. The highest BCUT2D eigenvalue weighted by atomic mass is 16.3. The van der Waals surface area contributed by atoms with Gasteiger partial charge in [0.15, 0.2) is 5.76 Å². The number of aliphatic hydroxyl groups excluding tert-OH is 1. The minimum absolute atomic E-state index is 0.160. The van der Waals surface area contributed by atoms with E-state index in [1.54, 1.807) is 6.07 Å². The molecule has 1 aromatic heterocycles. The number of hydrogen-bond acceptors (Lipinski definition) is 3. The van der Waals surface area contributed by atoms with Crippen molar-refractivity contribution in [1.82, 2.24) is 5.32 Å². The summed E-state index contributed by atoms with van der Waals surface area (Å²) in [5.74, 6) is 1.07. The van der Waals surface area contributed by atoms with E-state index in [1.807, 2.05) is 6.92 Å². The molecule has 1 heterocycles. The van der Waals surface area contributed by atoms with Gasteiger partial charge in [0.1, 0.15) is 0 Å². The van der Waals surface area contributed by atoms with Gasteiger partial charge in [-0.3, -0.25) is 4.79 Å². The van der Waals surface area contributed by atoms with E-state index < -0.39 is 0 Å². The highest BCUT2D eigenvalue weighted by Crippen LogP contribution is 2.15. The first-order chi connectivity index (χ1) is 8.54. The Morgan fingerprint density at radius 3 is 2.72 bits per heavy atom. The van der Waals surface area contributed by atoms with Crippen LogP contribution < -0.4 is 5.32 Å². The molecule has 0 fully saturated rings. The van der Waals surface area contributed by atoms with Crippen molar-refractivity contribution in [2.24, 2.45) is 11.8 Å². The number of aliphatic hydroxyl groups is 1. The molecule has 0 aromatic carbocycles. The van der Waals surface area contributed by atoms with Crippen molar-refractivity contribution in [2.45, 2.75) is 33.6 Å². The van der Waals surface area contributed by atoms with Crippen LogP contribution in [0.15, 0.2) is 16.7 Å². The van der Waals surface area contributed by atoms with Gasteiger partial charge in [0.05, 0.1) is 6.26 Å². The van der Waals surface area contributed by atoms with Crippen LogP contribution in [0.2, 0.25) is 0 Å². The number of hydrogen-bond donors (Lipinski definition) is 2. The highest BCUT2D eigenvalue weighted by Gasteiger charge is 2.15. The highest BCUT2D eigenvalue weighted by molar-refractivity contribution is 5.92. The molecular formula is C14H23NO3. The third kappa shape index (κ3) is 4.53. The van der Waals surface area contributed by atoms with Gasteiger partial charge in [-0.05, 0) is 37.7 Å². The van der Waals surface area contributed by atoms with E-state index in [-0.39, 0.29) is 12.5 Å². The van der Waals surface area contributed by atoms with E-state index in [0.717, 1.165) is 18.4 Å². The molecule has 1 rings (SSSR count). The van der Waals surface area contributed by atoms with Crippen LogP contribution in [0, 0.1) is 18.8 Å². The summed E-state index contributed by atoms with van der Waals surface area (Å²) in [6, 6.07) is 1.77. The van der Waals surface area contributed by atoms with Gasteiger partial charge in [-0.25, -0.2) is 0 Å². The van der Waals surface area contributed by atoms with Crippen molar-refractivity contribution < 1.29 is 14.3 Å². The maximum atomic E-state index is 11.9. The monoisotopic (exact) mass is 253 g/mol. The fraction of sp³-hybridized carbons (Fsp3) is 0.643. The average Bonchev–Trinajstić information content (AvgIpc) is 2.71. The molecule has 0 saturated carbocycles. The molecule has 102 valence electrons. The molecule has 0 spiro atoms. The van der Waals surface area contributed by atoms with Crippen molar-refractivity contribution in [3.63, 3.8) is 0 Å². The zero-order chi connectivity index (χ0) is 13.5. The van der Waals surface area contributed by atoms with Crippen LogP contribution in [-0.4, -0.2) is 24.2 Å². The predicted octanol–water partition coefficient (Wildman–Crippen LogP) is 2.36. The van der Waals surface area contributed by atoms with Gasteiger partial charge in [-0.2, -0.15) is 0 Å². The largest absolute Gasteiger partial charge is 0.459 e. The fourth-order valence-electron chi connectivity index (χ4n) is 2.08. The van der Waals surface area contributed by atoms with E-state index in [1.165, 1.54) is 6.26 Å². The van der Waals surface area contributed by atoms with Gasteiger partial charge in [0, 0.05) is 18.7 Å². The first kappa shape index (κ1) is 14.8. The van der Waals surface area contributed by atoms with Crippen molar-refractivity contribution in [1.29, 1.82) is 0 Å². The fourth-order valence-corrected chi connectivity index (χ4v) is 2.08. The molecular weight excluding hydrogens is 230 g/mol. The number of aryl methyl sites for hydroxylation is 1. The second-order valence-electron chi connectivity index (χ2n) is 5.15. The maximum absolute atomic E-state index is 11.9. The number of carbonyl (C=O) groups is 1. The molecule has 0 radical (unpaired) electrons. The van der Waals surface area contributed by atoms with Crippen molar-refractivity contribution in [3.05, 3.63) is 23.7 Å². The number of nitrogens with one attached hydrogen (secondary N) is 1. The zero-order valence-corrected chi connectivity index (χ0v) is 11.4. The Kier molecular flexibility index (Phi) is 5.92. The second kappa shape index (κ2) is 7.21. The van der Waals surface area contributed by atoms with E-state index in [0.29, 0.717) is 24.1 Å². The lowest BCUT2D eigenvalue weighted by Crippen LogP contribution is -2.30. The summed E-state index contributed by atoms with van der Waals surface area (Å²) in [5, 5.41) is 11.9. The van der Waals surface area contributed by atoms with Crippen LogP contribution in [0.1, 0.15) is 42.8 Å². The molecule has 2 N–H and O–H groups in total. The SMILES string of the molecule is Cc1ccoc1C(=O)NCC(CCO)CC(C)C. The van der Waals surface area contributed by atoms with Gasteiger partial charge < -0.3 is 14.8 Å². The molecule has 1 atom stereocenters. The lowest BCUT2D eigenvalue weighted by Gasteiger charge is -2.18. The summed E-state index contributed by atoms with van der Waals surface area (Å²) in [6.07, 6.45) is 3.23. The quantitative estimate of drug-likeness (QED) is 0.784. The van der Waals surface area contributed by atoms with Crippen LogP contribution in [0.5, 0.6) is 0 Å². The standard InChI is InChI=1S/C14H23NO3/c1-10(2)8-12(4-6-16)9-15-14(17)13-11(3)5-7-18-13/h5,7,10,12,16H,4,6,8-9H2,1-3H3,(H,15,17). The number of amides is 1. The van der Waals surface area contributed by atoms with Crippen molar-refractivity contribution in [3.8, 4) is 0 Å². The Bertz CT molecular complexity index is 371. The Morgan fingerprint density at radius 2 is 2.22 bits per heavy atom. The molecule has 1 amide bonds. The third-order valence-electron chi connectivity index (χ3n) is 2.96. The minimum atomic E-state index is -0.177. The summed E-state index contributed by atoms with van der Waals surface area (Å²) >= 11 is 0. The summed E-state index contributed by atoms with van der Waals surface area (Å²) in [5.41, 5.74) is 0.843. The van der Waals surface area contributed by atoms with Crippen molar-refractivity contribution in [2.75, 3.05) is 13.2 Å². The van der Waals surface area contributed by atoms with E-state index in [2.05, 4.69) is 19.2 Å². The number of carbonyl (C=O) groups excluding carboxylic acids is 1. The molecule has 0 aliphatic carbocycles. The van der Waals surface area contributed by atoms with Crippen molar-refractivity contribution >= 4 is 5.91 Å².